The van der Waals surface area contributed by atoms with Crippen molar-refractivity contribution < 1.29 is 23.8 Å². The van der Waals surface area contributed by atoms with Crippen molar-refractivity contribution in [3.8, 4) is 5.13 Å². The van der Waals surface area contributed by atoms with E-state index in [0.717, 1.165) is 17.5 Å². The van der Waals surface area contributed by atoms with E-state index < -0.39 is 22.9 Å². The molecule has 1 aliphatic rings. The summed E-state index contributed by atoms with van der Waals surface area (Å²) in [4.78, 5) is 47.2. The van der Waals surface area contributed by atoms with Gasteiger partial charge in [0.1, 0.15) is 17.2 Å². The van der Waals surface area contributed by atoms with E-state index in [1.54, 1.807) is 13.0 Å². The fourth-order valence-electron chi connectivity index (χ4n) is 3.86. The number of Topliss-reactive ketones (excluding diaryl/α,β-unsaturated/α-hetero) is 1. The lowest BCUT2D eigenvalue weighted by Crippen LogP contribution is -2.51. The average molecular weight is 475 g/mol. The molecule has 1 saturated heterocycles. The fourth-order valence-corrected chi connectivity index (χ4v) is 4.51. The van der Waals surface area contributed by atoms with Crippen LogP contribution >= 0.6 is 11.3 Å². The minimum absolute atomic E-state index is 0.0888. The van der Waals surface area contributed by atoms with Crippen LogP contribution in [-0.4, -0.2) is 57.7 Å². The zero-order valence-corrected chi connectivity index (χ0v) is 19.0. The van der Waals surface area contributed by atoms with Crippen molar-refractivity contribution in [2.75, 3.05) is 31.2 Å². The molecular weight excluding hydrogens is 451 g/mol. The summed E-state index contributed by atoms with van der Waals surface area (Å²) in [6.45, 7) is 5.83. The molecule has 0 spiro atoms. The Morgan fingerprint density at radius 2 is 2.09 bits per heavy atom. The molecular formula is C22H23FN4O5S. The molecule has 11 heteroatoms. The van der Waals surface area contributed by atoms with Gasteiger partial charge in [0.05, 0.1) is 11.3 Å². The summed E-state index contributed by atoms with van der Waals surface area (Å²) in [5.74, 6) is -1.44. The quantitative estimate of drug-likeness (QED) is 0.471. The summed E-state index contributed by atoms with van der Waals surface area (Å²) in [6.07, 6.45) is 2.29. The van der Waals surface area contributed by atoms with Crippen molar-refractivity contribution in [3.05, 3.63) is 44.9 Å². The second-order valence-corrected chi connectivity index (χ2v) is 8.70. The van der Waals surface area contributed by atoms with Crippen LogP contribution in [0.5, 0.6) is 0 Å². The SMILES string of the molecule is CCOCCCC(=O)C1CN(c2cc(C)c3c(=O)c(C(=O)O)cn(-c4nc(F)cs4)c3n2)C1. The third kappa shape index (κ3) is 4.51. The van der Waals surface area contributed by atoms with Gasteiger partial charge in [0.25, 0.3) is 0 Å². The molecule has 3 aromatic rings. The van der Waals surface area contributed by atoms with Crippen LogP contribution in [0.25, 0.3) is 16.2 Å². The molecule has 0 aliphatic carbocycles. The van der Waals surface area contributed by atoms with Gasteiger partial charge in [0.2, 0.25) is 11.4 Å². The highest BCUT2D eigenvalue weighted by Gasteiger charge is 2.33. The second kappa shape index (κ2) is 9.36. The van der Waals surface area contributed by atoms with Crippen LogP contribution < -0.4 is 10.3 Å². The van der Waals surface area contributed by atoms with Gasteiger partial charge in [-0.05, 0) is 31.9 Å². The van der Waals surface area contributed by atoms with Crippen LogP contribution in [-0.2, 0) is 9.53 Å². The van der Waals surface area contributed by atoms with Crippen molar-refractivity contribution in [3.63, 3.8) is 0 Å². The first kappa shape index (κ1) is 23.0. The minimum atomic E-state index is -1.38. The molecule has 4 heterocycles. The van der Waals surface area contributed by atoms with Gasteiger partial charge in [-0.25, -0.2) is 9.78 Å². The van der Waals surface area contributed by atoms with Crippen molar-refractivity contribution in [1.82, 2.24) is 14.5 Å². The number of hydrogen-bond donors (Lipinski definition) is 1. The zero-order chi connectivity index (χ0) is 23.7. The molecule has 0 bridgehead atoms. The monoisotopic (exact) mass is 474 g/mol. The summed E-state index contributed by atoms with van der Waals surface area (Å²) in [6, 6.07) is 1.71. The van der Waals surface area contributed by atoms with Crippen LogP contribution in [0.1, 0.15) is 35.7 Å². The Bertz CT molecular complexity index is 1280. The highest BCUT2D eigenvalue weighted by Crippen LogP contribution is 2.29. The maximum absolute atomic E-state index is 13.6. The Balaban J connectivity index is 1.66. The first-order valence-corrected chi connectivity index (χ1v) is 11.4. The number of ether oxygens (including phenoxy) is 1. The van der Waals surface area contributed by atoms with Gasteiger partial charge in [-0.2, -0.15) is 9.37 Å². The molecule has 4 rings (SSSR count). The summed E-state index contributed by atoms with van der Waals surface area (Å²) in [7, 11) is 0. The van der Waals surface area contributed by atoms with Gasteiger partial charge in [0.15, 0.2) is 10.8 Å². The number of fused-ring (bicyclic) bond motifs is 1. The Morgan fingerprint density at radius 1 is 1.33 bits per heavy atom. The maximum atomic E-state index is 13.6. The Labute approximate surface area is 192 Å². The summed E-state index contributed by atoms with van der Waals surface area (Å²) in [5.41, 5.74) is -0.369. The van der Waals surface area contributed by atoms with Gasteiger partial charge in [-0.1, -0.05) is 0 Å². The standard InChI is InChI=1S/C22H23FN4O5S/c1-3-32-6-4-5-15(28)13-8-26(9-13)17-7-12(2)18-19(29)14(21(30)31)10-27(20(18)25-17)22-24-16(23)11-33-22/h7,10-11,13H,3-6,8-9H2,1-2H3,(H,30,31). The number of anilines is 1. The number of hydrogen-bond acceptors (Lipinski definition) is 8. The van der Waals surface area contributed by atoms with Crippen molar-refractivity contribution in [2.45, 2.75) is 26.7 Å². The average Bonchev–Trinajstić information content (AvgIpc) is 3.16. The number of carboxylic acids is 1. The molecule has 1 aliphatic heterocycles. The number of aromatic carboxylic acids is 1. The van der Waals surface area contributed by atoms with E-state index in [2.05, 4.69) is 9.97 Å². The number of carboxylic acid groups (broad SMARTS) is 1. The number of pyridine rings is 2. The second-order valence-electron chi connectivity index (χ2n) is 7.86. The highest BCUT2D eigenvalue weighted by molar-refractivity contribution is 7.12. The van der Waals surface area contributed by atoms with Gasteiger partial charge >= 0.3 is 5.97 Å². The number of halogens is 1. The van der Waals surface area contributed by atoms with E-state index >= 15 is 0 Å². The van der Waals surface area contributed by atoms with E-state index in [1.807, 2.05) is 11.8 Å². The number of aryl methyl sites for hydroxylation is 1. The minimum Gasteiger partial charge on any atom is -0.477 e. The largest absolute Gasteiger partial charge is 0.477 e. The third-order valence-corrected chi connectivity index (χ3v) is 6.43. The molecule has 0 unspecified atom stereocenters. The molecule has 0 aromatic carbocycles. The molecule has 0 radical (unpaired) electrons. The lowest BCUT2D eigenvalue weighted by Gasteiger charge is -2.39. The number of carbonyl (C=O) groups excluding carboxylic acids is 1. The highest BCUT2D eigenvalue weighted by atomic mass is 32.1. The summed E-state index contributed by atoms with van der Waals surface area (Å²) >= 11 is 0.972. The lowest BCUT2D eigenvalue weighted by atomic mass is 9.92. The molecule has 33 heavy (non-hydrogen) atoms. The number of rotatable bonds is 9. The first-order valence-electron chi connectivity index (χ1n) is 10.6. The fraction of sp³-hybridized carbons (Fsp3) is 0.409. The van der Waals surface area contributed by atoms with E-state index in [0.29, 0.717) is 50.5 Å². The lowest BCUT2D eigenvalue weighted by molar-refractivity contribution is -0.123. The molecule has 1 N–H and O–H groups in total. The van der Waals surface area contributed by atoms with Crippen LogP contribution in [0.3, 0.4) is 0 Å². The number of thiazole rings is 1. The normalized spacial score (nSPS) is 14.0. The van der Waals surface area contributed by atoms with Crippen molar-refractivity contribution >= 4 is 39.9 Å². The Hall–Kier alpha value is -3.18. The Kier molecular flexibility index (Phi) is 6.52. The van der Waals surface area contributed by atoms with E-state index in [-0.39, 0.29) is 27.9 Å². The topological polar surface area (TPSA) is 115 Å². The van der Waals surface area contributed by atoms with Gasteiger partial charge < -0.3 is 14.7 Å². The van der Waals surface area contributed by atoms with Gasteiger partial charge in [0, 0.05) is 44.3 Å². The van der Waals surface area contributed by atoms with Crippen LogP contribution in [0.4, 0.5) is 10.2 Å². The third-order valence-electron chi connectivity index (χ3n) is 5.62. The van der Waals surface area contributed by atoms with Gasteiger partial charge in [-0.3, -0.25) is 14.2 Å². The molecule has 0 amide bonds. The molecule has 9 nitrogen and oxygen atoms in total. The van der Waals surface area contributed by atoms with E-state index in [1.165, 1.54) is 9.95 Å². The maximum Gasteiger partial charge on any atom is 0.341 e. The number of ketones is 1. The molecule has 174 valence electrons. The van der Waals surface area contributed by atoms with Crippen molar-refractivity contribution in [2.24, 2.45) is 5.92 Å². The predicted octanol–water partition coefficient (Wildman–Crippen LogP) is 2.81. The number of nitrogens with zero attached hydrogens (tertiary/aromatic N) is 4. The van der Waals surface area contributed by atoms with Crippen molar-refractivity contribution in [1.29, 1.82) is 0 Å². The zero-order valence-electron chi connectivity index (χ0n) is 18.2. The molecule has 3 aromatic heterocycles. The Morgan fingerprint density at radius 3 is 2.73 bits per heavy atom. The number of aromatic nitrogens is 3. The van der Waals surface area contributed by atoms with Crippen LogP contribution in [0.2, 0.25) is 0 Å². The van der Waals surface area contributed by atoms with Gasteiger partial charge in [-0.15, -0.1) is 11.3 Å². The number of carbonyl (C=O) groups is 2. The smallest absolute Gasteiger partial charge is 0.341 e. The molecule has 1 fully saturated rings. The summed E-state index contributed by atoms with van der Waals surface area (Å²) in [5, 5.41) is 11.0. The predicted molar refractivity (Wildman–Crippen MR) is 121 cm³/mol. The van der Waals surface area contributed by atoms with Crippen LogP contribution in [0, 0.1) is 18.8 Å². The van der Waals surface area contributed by atoms with E-state index in [4.69, 9.17) is 4.74 Å². The molecule has 0 saturated carbocycles. The first-order chi connectivity index (χ1) is 15.8. The molecule has 0 atom stereocenters. The van der Waals surface area contributed by atoms with E-state index in [9.17, 15) is 23.9 Å². The van der Waals surface area contributed by atoms with Crippen LogP contribution in [0.15, 0.2) is 22.4 Å². The summed E-state index contributed by atoms with van der Waals surface area (Å²) < 4.78 is 20.2.